The van der Waals surface area contributed by atoms with Crippen molar-refractivity contribution in [2.24, 2.45) is 5.10 Å². The third-order valence-electron chi connectivity index (χ3n) is 4.24. The molecule has 0 saturated carbocycles. The van der Waals surface area contributed by atoms with Gasteiger partial charge in [0, 0.05) is 4.47 Å². The molecular weight excluding hydrogens is 530 g/mol. The lowest BCUT2D eigenvalue weighted by Gasteiger charge is -2.14. The van der Waals surface area contributed by atoms with E-state index in [1.54, 1.807) is 38.3 Å². The zero-order valence-electron chi connectivity index (χ0n) is 17.6. The van der Waals surface area contributed by atoms with Gasteiger partial charge in [-0.25, -0.2) is 5.43 Å². The van der Waals surface area contributed by atoms with E-state index in [4.69, 9.17) is 9.47 Å². The number of amides is 2. The van der Waals surface area contributed by atoms with Crippen LogP contribution in [0.2, 0.25) is 0 Å². The predicted octanol–water partition coefficient (Wildman–Crippen LogP) is 4.67. The Hall–Kier alpha value is -2.39. The molecule has 1 unspecified atom stereocenters. The van der Waals surface area contributed by atoms with Gasteiger partial charge in [-0.1, -0.05) is 25.5 Å². The lowest BCUT2D eigenvalue weighted by Crippen LogP contribution is -2.43. The average Bonchev–Trinajstić information content (AvgIpc) is 2.75. The van der Waals surface area contributed by atoms with Gasteiger partial charge in [-0.15, -0.1) is 0 Å². The van der Waals surface area contributed by atoms with Gasteiger partial charge >= 0.3 is 0 Å². The predicted molar refractivity (Wildman–Crippen MR) is 128 cm³/mol. The lowest BCUT2D eigenvalue weighted by atomic mass is 10.2. The van der Waals surface area contributed by atoms with Crippen LogP contribution >= 0.6 is 31.9 Å². The summed E-state index contributed by atoms with van der Waals surface area (Å²) >= 11 is 6.81. The molecule has 1 atom stereocenters. The maximum Gasteiger partial charge on any atom is 0.262 e. The van der Waals surface area contributed by atoms with Gasteiger partial charge in [-0.05, 0) is 75.0 Å². The van der Waals surface area contributed by atoms with E-state index in [1.165, 1.54) is 6.21 Å². The van der Waals surface area contributed by atoms with E-state index in [9.17, 15) is 9.59 Å². The van der Waals surface area contributed by atoms with Crippen LogP contribution in [0.3, 0.4) is 0 Å². The van der Waals surface area contributed by atoms with Gasteiger partial charge in [-0.3, -0.25) is 9.59 Å². The Morgan fingerprint density at radius 1 is 1.19 bits per heavy atom. The molecule has 0 radical (unpaired) electrons. The summed E-state index contributed by atoms with van der Waals surface area (Å²) < 4.78 is 12.6. The molecule has 0 spiro atoms. The third kappa shape index (κ3) is 7.36. The fourth-order valence-corrected chi connectivity index (χ4v) is 3.56. The maximum absolute atomic E-state index is 12.3. The molecule has 2 aromatic carbocycles. The zero-order valence-corrected chi connectivity index (χ0v) is 20.7. The number of carbonyl (C=O) groups is 2. The van der Waals surface area contributed by atoms with E-state index < -0.39 is 11.9 Å². The van der Waals surface area contributed by atoms with Crippen LogP contribution < -0.4 is 20.2 Å². The summed E-state index contributed by atoms with van der Waals surface area (Å²) in [5, 5.41) is 6.63. The number of benzene rings is 2. The minimum absolute atomic E-state index is 0.355. The Morgan fingerprint density at radius 2 is 1.94 bits per heavy atom. The molecule has 0 heterocycles. The molecule has 0 aliphatic carbocycles. The van der Waals surface area contributed by atoms with Crippen molar-refractivity contribution in [3.63, 3.8) is 0 Å². The first kappa shape index (κ1) is 24.9. The van der Waals surface area contributed by atoms with Crippen LogP contribution in [0.25, 0.3) is 0 Å². The zero-order chi connectivity index (χ0) is 22.8. The summed E-state index contributed by atoms with van der Waals surface area (Å²) in [6.07, 6.45) is 3.47. The van der Waals surface area contributed by atoms with Crippen LogP contribution in [0.1, 0.15) is 42.6 Å². The van der Waals surface area contributed by atoms with E-state index >= 15 is 0 Å². The molecule has 31 heavy (non-hydrogen) atoms. The molecule has 0 aliphatic heterocycles. The number of halogens is 2. The molecule has 0 bridgehead atoms. The van der Waals surface area contributed by atoms with Crippen LogP contribution in [0.15, 0.2) is 50.4 Å². The molecule has 2 N–H and O–H groups in total. The molecule has 0 aliphatic rings. The molecule has 2 rings (SSSR count). The number of methoxy groups -OCH3 is 1. The van der Waals surface area contributed by atoms with Crippen molar-refractivity contribution < 1.29 is 19.1 Å². The topological polar surface area (TPSA) is 89.0 Å². The van der Waals surface area contributed by atoms with Crippen molar-refractivity contribution in [1.29, 1.82) is 0 Å². The van der Waals surface area contributed by atoms with Crippen molar-refractivity contribution in [1.82, 2.24) is 10.7 Å². The fraction of sp³-hybridized carbons (Fsp3) is 0.318. The summed E-state index contributed by atoms with van der Waals surface area (Å²) in [7, 11) is 1.56. The SMILES string of the molecule is CCCCOc1c(Br)cc(C=NNC(=O)C(C)NC(=O)c2ccccc2Br)cc1OC. The van der Waals surface area contributed by atoms with Gasteiger partial charge < -0.3 is 14.8 Å². The van der Waals surface area contributed by atoms with Gasteiger partial charge in [0.15, 0.2) is 11.5 Å². The van der Waals surface area contributed by atoms with Gasteiger partial charge in [0.25, 0.3) is 11.8 Å². The molecule has 7 nitrogen and oxygen atoms in total. The number of hydrogen-bond acceptors (Lipinski definition) is 5. The van der Waals surface area contributed by atoms with Gasteiger partial charge in [0.05, 0.1) is 30.0 Å². The lowest BCUT2D eigenvalue weighted by molar-refractivity contribution is -0.122. The van der Waals surface area contributed by atoms with Crippen LogP contribution in [0, 0.1) is 0 Å². The second kappa shape index (κ2) is 12.5. The molecule has 2 aromatic rings. The first-order valence-corrected chi connectivity index (χ1v) is 11.3. The Kier molecular flexibility index (Phi) is 10.00. The quantitative estimate of drug-likeness (QED) is 0.254. The highest BCUT2D eigenvalue weighted by molar-refractivity contribution is 9.10. The van der Waals surface area contributed by atoms with Crippen LogP contribution in [-0.4, -0.2) is 37.8 Å². The van der Waals surface area contributed by atoms with Crippen molar-refractivity contribution in [3.05, 3.63) is 56.5 Å². The number of carbonyl (C=O) groups excluding carboxylic acids is 2. The average molecular weight is 555 g/mol. The van der Waals surface area contributed by atoms with Crippen LogP contribution in [0.4, 0.5) is 0 Å². The summed E-state index contributed by atoms with van der Waals surface area (Å²) in [5.74, 6) is 0.390. The normalized spacial score (nSPS) is 11.8. The van der Waals surface area contributed by atoms with E-state index in [1.807, 2.05) is 12.1 Å². The van der Waals surface area contributed by atoms with Crippen molar-refractivity contribution >= 4 is 49.9 Å². The molecule has 0 fully saturated rings. The minimum Gasteiger partial charge on any atom is -0.493 e. The van der Waals surface area contributed by atoms with E-state index in [0.717, 1.165) is 17.3 Å². The molecule has 0 saturated heterocycles. The van der Waals surface area contributed by atoms with E-state index in [0.29, 0.717) is 33.7 Å². The number of nitrogens with zero attached hydrogens (tertiary/aromatic N) is 1. The highest BCUT2D eigenvalue weighted by Crippen LogP contribution is 2.36. The van der Waals surface area contributed by atoms with Crippen molar-refractivity contribution in [2.45, 2.75) is 32.7 Å². The first-order valence-electron chi connectivity index (χ1n) is 9.76. The first-order chi connectivity index (χ1) is 14.9. The van der Waals surface area contributed by atoms with Crippen LogP contribution in [0.5, 0.6) is 11.5 Å². The van der Waals surface area contributed by atoms with Gasteiger partial charge in [-0.2, -0.15) is 5.10 Å². The number of nitrogens with one attached hydrogen (secondary N) is 2. The van der Waals surface area contributed by atoms with Crippen molar-refractivity contribution in [2.75, 3.05) is 13.7 Å². The largest absolute Gasteiger partial charge is 0.493 e. The molecule has 9 heteroatoms. The van der Waals surface area contributed by atoms with Crippen molar-refractivity contribution in [3.8, 4) is 11.5 Å². The highest BCUT2D eigenvalue weighted by atomic mass is 79.9. The third-order valence-corrected chi connectivity index (χ3v) is 5.52. The minimum atomic E-state index is -0.771. The summed E-state index contributed by atoms with van der Waals surface area (Å²) in [6.45, 7) is 4.27. The Morgan fingerprint density at radius 3 is 2.61 bits per heavy atom. The fourth-order valence-electron chi connectivity index (χ4n) is 2.53. The standard InChI is InChI=1S/C22H25Br2N3O4/c1-4-5-10-31-20-18(24)11-15(12-19(20)30-3)13-25-27-21(28)14(2)26-22(29)16-8-6-7-9-17(16)23/h6-9,11-14H,4-5,10H2,1-3H3,(H,26,29)(H,27,28). The molecule has 166 valence electrons. The molecule has 2 amide bonds. The summed E-state index contributed by atoms with van der Waals surface area (Å²) in [6, 6.07) is 9.80. The Balaban J connectivity index is 1.97. The Labute approximate surface area is 198 Å². The second-order valence-electron chi connectivity index (χ2n) is 6.65. The van der Waals surface area contributed by atoms with Gasteiger partial charge in [0.1, 0.15) is 6.04 Å². The Bertz CT molecular complexity index is 950. The monoisotopic (exact) mass is 553 g/mol. The van der Waals surface area contributed by atoms with E-state index in [2.05, 4.69) is 54.6 Å². The highest BCUT2D eigenvalue weighted by Gasteiger charge is 2.17. The van der Waals surface area contributed by atoms with Crippen LogP contribution in [-0.2, 0) is 4.79 Å². The smallest absolute Gasteiger partial charge is 0.262 e. The number of rotatable bonds is 10. The summed E-state index contributed by atoms with van der Waals surface area (Å²) in [5.41, 5.74) is 3.59. The molecule has 0 aromatic heterocycles. The van der Waals surface area contributed by atoms with Gasteiger partial charge in [0.2, 0.25) is 0 Å². The van der Waals surface area contributed by atoms with E-state index in [-0.39, 0.29) is 5.91 Å². The number of ether oxygens (including phenoxy) is 2. The number of unbranched alkanes of at least 4 members (excludes halogenated alkanes) is 1. The number of hydrazone groups is 1. The number of hydrogen-bond donors (Lipinski definition) is 2. The maximum atomic E-state index is 12.3. The molecular formula is C22H25Br2N3O4. The summed E-state index contributed by atoms with van der Waals surface area (Å²) in [4.78, 5) is 24.6. The second-order valence-corrected chi connectivity index (χ2v) is 8.35.